The monoisotopic (exact) mass is 391 g/mol. The molecule has 0 aliphatic heterocycles. The Morgan fingerprint density at radius 2 is 2.00 bits per heavy atom. The third kappa shape index (κ3) is 4.20. The Hall–Kier alpha value is -2.67. The number of carbonyl (C=O) groups excluding carboxylic acids is 1. The molecule has 2 aromatic rings. The van der Waals surface area contributed by atoms with Crippen LogP contribution < -0.4 is 4.74 Å². The van der Waals surface area contributed by atoms with Crippen molar-refractivity contribution < 1.29 is 19.6 Å². The second-order valence-corrected chi connectivity index (χ2v) is 5.64. The van der Waals surface area contributed by atoms with Crippen LogP contribution in [0, 0.1) is 10.1 Å². The smallest absolute Gasteiger partial charge is 0.269 e. The van der Waals surface area contributed by atoms with Gasteiger partial charge in [-0.05, 0) is 58.8 Å². The lowest BCUT2D eigenvalue weighted by Gasteiger charge is -2.08. The minimum atomic E-state index is -0.521. The average Bonchev–Trinajstić information content (AvgIpc) is 2.57. The number of ketones is 1. The van der Waals surface area contributed by atoms with E-state index in [1.54, 1.807) is 25.1 Å². The number of rotatable bonds is 6. The van der Waals surface area contributed by atoms with Gasteiger partial charge >= 0.3 is 0 Å². The van der Waals surface area contributed by atoms with Gasteiger partial charge in [0.25, 0.3) is 5.69 Å². The standard InChI is InChI=1S/C17H14BrNO5/c1-2-24-16-10-11(9-14(18)17(16)21)3-8-15(20)12-4-6-13(7-5-12)19(22)23/h3-10,21H,2H2,1H3/b8-3+. The van der Waals surface area contributed by atoms with Crippen LogP contribution in [0.2, 0.25) is 0 Å². The predicted molar refractivity (Wildman–Crippen MR) is 93.4 cm³/mol. The molecule has 0 aliphatic carbocycles. The highest BCUT2D eigenvalue weighted by Gasteiger charge is 2.09. The zero-order valence-corrected chi connectivity index (χ0v) is 14.3. The summed E-state index contributed by atoms with van der Waals surface area (Å²) in [6, 6.07) is 8.64. The van der Waals surface area contributed by atoms with E-state index in [2.05, 4.69) is 15.9 Å². The topological polar surface area (TPSA) is 89.7 Å². The fraction of sp³-hybridized carbons (Fsp3) is 0.118. The predicted octanol–water partition coefficient (Wildman–Crippen LogP) is 4.36. The van der Waals surface area contributed by atoms with Gasteiger partial charge in [-0.2, -0.15) is 0 Å². The molecule has 0 heterocycles. The zero-order chi connectivity index (χ0) is 17.7. The number of hydrogen-bond donors (Lipinski definition) is 1. The Morgan fingerprint density at radius 3 is 2.58 bits per heavy atom. The number of allylic oxidation sites excluding steroid dienone is 1. The van der Waals surface area contributed by atoms with E-state index in [0.717, 1.165) is 0 Å². The fourth-order valence-electron chi connectivity index (χ4n) is 1.97. The molecule has 0 saturated heterocycles. The maximum Gasteiger partial charge on any atom is 0.269 e. The van der Waals surface area contributed by atoms with Crippen molar-refractivity contribution in [2.75, 3.05) is 6.61 Å². The lowest BCUT2D eigenvalue weighted by Crippen LogP contribution is -1.95. The minimum absolute atomic E-state index is 0.00399. The third-order valence-corrected chi connectivity index (χ3v) is 3.74. The van der Waals surface area contributed by atoms with Crippen LogP contribution in [-0.4, -0.2) is 22.4 Å². The van der Waals surface area contributed by atoms with E-state index < -0.39 is 4.92 Å². The molecule has 0 amide bonds. The molecule has 2 aromatic carbocycles. The number of aromatic hydroxyl groups is 1. The van der Waals surface area contributed by atoms with Gasteiger partial charge in [-0.15, -0.1) is 0 Å². The molecular formula is C17H14BrNO5. The highest BCUT2D eigenvalue weighted by molar-refractivity contribution is 9.10. The van der Waals surface area contributed by atoms with Crippen molar-refractivity contribution in [1.82, 2.24) is 0 Å². The quantitative estimate of drug-likeness (QED) is 0.342. The van der Waals surface area contributed by atoms with Crippen LogP contribution in [-0.2, 0) is 0 Å². The number of benzene rings is 2. The first-order valence-electron chi connectivity index (χ1n) is 7.04. The van der Waals surface area contributed by atoms with Crippen molar-refractivity contribution in [1.29, 1.82) is 0 Å². The summed E-state index contributed by atoms with van der Waals surface area (Å²) in [5, 5.41) is 20.5. The Kier molecular flexibility index (Phi) is 5.70. The number of nitro benzene ring substituents is 1. The molecule has 0 atom stereocenters. The van der Waals surface area contributed by atoms with E-state index >= 15 is 0 Å². The summed E-state index contributed by atoms with van der Waals surface area (Å²) in [7, 11) is 0. The van der Waals surface area contributed by atoms with Gasteiger partial charge in [0, 0.05) is 17.7 Å². The van der Waals surface area contributed by atoms with E-state index in [-0.39, 0.29) is 17.2 Å². The van der Waals surface area contributed by atoms with Crippen LogP contribution in [0.5, 0.6) is 11.5 Å². The number of nitro groups is 1. The number of phenols is 1. The third-order valence-electron chi connectivity index (χ3n) is 3.14. The molecule has 24 heavy (non-hydrogen) atoms. The Balaban J connectivity index is 2.20. The van der Waals surface area contributed by atoms with Crippen molar-refractivity contribution in [3.05, 3.63) is 68.2 Å². The number of ether oxygens (including phenoxy) is 1. The van der Waals surface area contributed by atoms with E-state index in [9.17, 15) is 20.0 Å². The van der Waals surface area contributed by atoms with Crippen LogP contribution in [0.15, 0.2) is 46.9 Å². The van der Waals surface area contributed by atoms with Gasteiger partial charge in [-0.1, -0.05) is 6.08 Å². The maximum atomic E-state index is 12.1. The van der Waals surface area contributed by atoms with Gasteiger partial charge < -0.3 is 9.84 Å². The molecule has 0 spiro atoms. The molecule has 0 unspecified atom stereocenters. The van der Waals surface area contributed by atoms with E-state index in [0.29, 0.717) is 28.0 Å². The zero-order valence-electron chi connectivity index (χ0n) is 12.7. The molecule has 0 saturated carbocycles. The van der Waals surface area contributed by atoms with Gasteiger partial charge in [0.2, 0.25) is 0 Å². The van der Waals surface area contributed by atoms with Gasteiger partial charge in [0.1, 0.15) is 0 Å². The molecule has 0 aromatic heterocycles. The molecule has 2 rings (SSSR count). The van der Waals surface area contributed by atoms with Crippen molar-refractivity contribution >= 4 is 33.5 Å². The van der Waals surface area contributed by atoms with Crippen LogP contribution in [0.25, 0.3) is 6.08 Å². The number of phenolic OH excluding ortho intramolecular Hbond substituents is 1. The Bertz CT molecular complexity index is 799. The second kappa shape index (κ2) is 7.74. The minimum Gasteiger partial charge on any atom is -0.503 e. The number of halogens is 1. The number of carbonyl (C=O) groups is 1. The lowest BCUT2D eigenvalue weighted by atomic mass is 10.1. The van der Waals surface area contributed by atoms with Crippen LogP contribution in [0.1, 0.15) is 22.8 Å². The van der Waals surface area contributed by atoms with Crippen molar-refractivity contribution in [3.8, 4) is 11.5 Å². The molecule has 0 aliphatic rings. The van der Waals surface area contributed by atoms with Gasteiger partial charge in [-0.25, -0.2) is 0 Å². The first-order valence-corrected chi connectivity index (χ1v) is 7.84. The largest absolute Gasteiger partial charge is 0.503 e. The summed E-state index contributed by atoms with van der Waals surface area (Å²) in [5.74, 6) is 0.0251. The normalized spacial score (nSPS) is 10.8. The highest BCUT2D eigenvalue weighted by atomic mass is 79.9. The van der Waals surface area contributed by atoms with Crippen LogP contribution >= 0.6 is 15.9 Å². The van der Waals surface area contributed by atoms with E-state index in [1.807, 2.05) is 0 Å². The average molecular weight is 392 g/mol. The molecule has 124 valence electrons. The summed E-state index contributed by atoms with van der Waals surface area (Å²) in [6.07, 6.45) is 2.94. The Morgan fingerprint density at radius 1 is 1.33 bits per heavy atom. The summed E-state index contributed by atoms with van der Waals surface area (Å²) in [6.45, 7) is 2.20. The first kappa shape index (κ1) is 17.7. The molecule has 0 fully saturated rings. The number of nitrogens with zero attached hydrogens (tertiary/aromatic N) is 1. The second-order valence-electron chi connectivity index (χ2n) is 4.78. The molecule has 7 heteroatoms. The fourth-order valence-corrected chi connectivity index (χ4v) is 2.43. The molecular weight excluding hydrogens is 378 g/mol. The van der Waals surface area contributed by atoms with Crippen LogP contribution in [0.4, 0.5) is 5.69 Å². The van der Waals surface area contributed by atoms with Gasteiger partial charge in [0.15, 0.2) is 17.3 Å². The van der Waals surface area contributed by atoms with Crippen LogP contribution in [0.3, 0.4) is 0 Å². The maximum absolute atomic E-state index is 12.1. The Labute approximate surface area is 146 Å². The highest BCUT2D eigenvalue weighted by Crippen LogP contribution is 2.35. The SMILES string of the molecule is CCOc1cc(/C=C/C(=O)c2ccc([N+](=O)[O-])cc2)cc(Br)c1O. The molecule has 1 N–H and O–H groups in total. The van der Waals surface area contributed by atoms with Crippen molar-refractivity contribution in [3.63, 3.8) is 0 Å². The van der Waals surface area contributed by atoms with Crippen molar-refractivity contribution in [2.45, 2.75) is 6.92 Å². The van der Waals surface area contributed by atoms with Crippen molar-refractivity contribution in [2.24, 2.45) is 0 Å². The van der Waals surface area contributed by atoms with E-state index in [1.165, 1.54) is 30.3 Å². The molecule has 0 radical (unpaired) electrons. The lowest BCUT2D eigenvalue weighted by molar-refractivity contribution is -0.384. The summed E-state index contributed by atoms with van der Waals surface area (Å²) >= 11 is 3.23. The first-order chi connectivity index (χ1) is 11.4. The molecule has 6 nitrogen and oxygen atoms in total. The van der Waals surface area contributed by atoms with Gasteiger partial charge in [-0.3, -0.25) is 14.9 Å². The number of non-ortho nitro benzene ring substituents is 1. The summed E-state index contributed by atoms with van der Waals surface area (Å²) < 4.78 is 5.78. The number of hydrogen-bond acceptors (Lipinski definition) is 5. The van der Waals surface area contributed by atoms with E-state index in [4.69, 9.17) is 4.74 Å². The van der Waals surface area contributed by atoms with Gasteiger partial charge in [0.05, 0.1) is 16.0 Å². The molecule has 0 bridgehead atoms. The summed E-state index contributed by atoms with van der Waals surface area (Å²) in [5.41, 5.74) is 0.942. The summed E-state index contributed by atoms with van der Waals surface area (Å²) in [4.78, 5) is 22.2.